The maximum absolute atomic E-state index is 12.8. The van der Waals surface area contributed by atoms with E-state index in [1.54, 1.807) is 18.2 Å². The molecule has 2 fully saturated rings. The molecule has 130 valence electrons. The van der Waals surface area contributed by atoms with Crippen LogP contribution in [0.5, 0.6) is 0 Å². The molecule has 4 rings (SSSR count). The molecule has 1 aromatic rings. The van der Waals surface area contributed by atoms with Gasteiger partial charge in [0, 0.05) is 23.4 Å². The highest BCUT2D eigenvalue weighted by atomic mass is 16.4. The first-order chi connectivity index (χ1) is 12.0. The number of carboxylic acids is 1. The van der Waals surface area contributed by atoms with Crippen LogP contribution < -0.4 is 0 Å². The zero-order chi connectivity index (χ0) is 17.7. The van der Waals surface area contributed by atoms with Crippen LogP contribution in [0.2, 0.25) is 0 Å². The van der Waals surface area contributed by atoms with Gasteiger partial charge in [-0.05, 0) is 30.7 Å². The number of carbonyl (C=O) groups is 3. The minimum Gasteiger partial charge on any atom is -0.480 e. The number of nitrogens with zero attached hydrogens (tertiary/aromatic N) is 2. The molecule has 3 aliphatic rings. The monoisotopic (exact) mass is 340 g/mol. The molecule has 1 aromatic carbocycles. The van der Waals surface area contributed by atoms with Crippen molar-refractivity contribution in [1.29, 1.82) is 0 Å². The van der Waals surface area contributed by atoms with Gasteiger partial charge in [0.2, 0.25) is 5.91 Å². The summed E-state index contributed by atoms with van der Waals surface area (Å²) in [6.07, 6.45) is 2.85. The summed E-state index contributed by atoms with van der Waals surface area (Å²) < 4.78 is 0. The predicted molar refractivity (Wildman–Crippen MR) is 90.5 cm³/mol. The molecule has 3 atom stereocenters. The molecule has 1 saturated carbocycles. The van der Waals surface area contributed by atoms with E-state index >= 15 is 0 Å². The third-order valence-corrected chi connectivity index (χ3v) is 5.80. The molecule has 3 unspecified atom stereocenters. The van der Waals surface area contributed by atoms with E-state index < -0.39 is 12.0 Å². The van der Waals surface area contributed by atoms with E-state index in [4.69, 9.17) is 0 Å². The normalized spacial score (nSPS) is 27.6. The highest BCUT2D eigenvalue weighted by Crippen LogP contribution is 2.42. The van der Waals surface area contributed by atoms with Crippen molar-refractivity contribution < 1.29 is 19.5 Å². The van der Waals surface area contributed by atoms with E-state index in [2.05, 4.69) is 6.58 Å². The number of carboxylic acid groups (broad SMARTS) is 1. The van der Waals surface area contributed by atoms with Gasteiger partial charge in [0.15, 0.2) is 0 Å². The van der Waals surface area contributed by atoms with Crippen LogP contribution in [0.25, 0.3) is 5.70 Å². The molecular weight excluding hydrogens is 320 g/mol. The molecule has 2 amide bonds. The van der Waals surface area contributed by atoms with Crippen molar-refractivity contribution in [3.05, 3.63) is 42.0 Å². The lowest BCUT2D eigenvalue weighted by atomic mass is 9.94. The predicted octanol–water partition coefficient (Wildman–Crippen LogP) is 1.82. The Hall–Kier alpha value is -2.63. The van der Waals surface area contributed by atoms with Crippen molar-refractivity contribution in [1.82, 2.24) is 9.80 Å². The maximum atomic E-state index is 12.8. The highest BCUT2D eigenvalue weighted by molar-refractivity contribution is 6.10. The Kier molecular flexibility index (Phi) is 3.63. The number of carbonyl (C=O) groups excluding carboxylic acids is 2. The molecular formula is C19H20N2O4. The summed E-state index contributed by atoms with van der Waals surface area (Å²) >= 11 is 0. The molecule has 0 spiro atoms. The standard InChI is InChI=1S/C19H20N2O4/c1-11-13-6-2-3-7-15(13)18(23)20(11)10-16(22)21-9-12-5-4-8-14(12)17(21)19(24)25/h2-3,6-7,12,14,17H,1,4-5,8-10H2,(H,24,25). The quantitative estimate of drug-likeness (QED) is 0.910. The van der Waals surface area contributed by atoms with Crippen LogP contribution in [0.1, 0.15) is 35.2 Å². The van der Waals surface area contributed by atoms with Crippen LogP contribution in [0.15, 0.2) is 30.8 Å². The molecule has 2 aliphatic heterocycles. The van der Waals surface area contributed by atoms with Gasteiger partial charge in [-0.1, -0.05) is 31.2 Å². The average molecular weight is 340 g/mol. The lowest BCUT2D eigenvalue weighted by molar-refractivity contribution is -0.149. The number of hydrogen-bond donors (Lipinski definition) is 1. The van der Waals surface area contributed by atoms with E-state index in [1.807, 2.05) is 6.07 Å². The average Bonchev–Trinajstić information content (AvgIpc) is 3.23. The van der Waals surface area contributed by atoms with Gasteiger partial charge in [0.05, 0.1) is 0 Å². The molecule has 1 saturated heterocycles. The Morgan fingerprint density at radius 3 is 2.60 bits per heavy atom. The maximum Gasteiger partial charge on any atom is 0.326 e. The molecule has 0 bridgehead atoms. The molecule has 1 N–H and O–H groups in total. The van der Waals surface area contributed by atoms with Crippen LogP contribution in [0.4, 0.5) is 0 Å². The number of rotatable bonds is 3. The van der Waals surface area contributed by atoms with Crippen molar-refractivity contribution in [2.24, 2.45) is 11.8 Å². The Morgan fingerprint density at radius 1 is 1.20 bits per heavy atom. The van der Waals surface area contributed by atoms with Gasteiger partial charge in [-0.3, -0.25) is 14.5 Å². The van der Waals surface area contributed by atoms with Crippen LogP contribution in [0, 0.1) is 11.8 Å². The van der Waals surface area contributed by atoms with Gasteiger partial charge in [-0.2, -0.15) is 0 Å². The number of hydrogen-bond acceptors (Lipinski definition) is 3. The Balaban J connectivity index is 1.54. The Bertz CT molecular complexity index is 752. The summed E-state index contributed by atoms with van der Waals surface area (Å²) in [5, 5.41) is 9.59. The fraction of sp³-hybridized carbons (Fsp3) is 0.421. The molecule has 6 nitrogen and oxygen atoms in total. The van der Waals surface area contributed by atoms with E-state index in [9.17, 15) is 19.5 Å². The van der Waals surface area contributed by atoms with Crippen molar-refractivity contribution in [3.8, 4) is 0 Å². The summed E-state index contributed by atoms with van der Waals surface area (Å²) in [4.78, 5) is 39.9. The first-order valence-electron chi connectivity index (χ1n) is 8.61. The lowest BCUT2D eigenvalue weighted by Crippen LogP contribution is -2.47. The molecule has 0 aromatic heterocycles. The molecule has 0 radical (unpaired) electrons. The van der Waals surface area contributed by atoms with Gasteiger partial charge in [-0.15, -0.1) is 0 Å². The summed E-state index contributed by atoms with van der Waals surface area (Å²) in [6, 6.07) is 6.35. The van der Waals surface area contributed by atoms with Crippen molar-refractivity contribution in [2.45, 2.75) is 25.3 Å². The summed E-state index contributed by atoms with van der Waals surface area (Å²) in [6.45, 7) is 4.25. The summed E-state index contributed by atoms with van der Waals surface area (Å²) in [7, 11) is 0. The zero-order valence-corrected chi connectivity index (χ0v) is 13.9. The third kappa shape index (κ3) is 2.35. The zero-order valence-electron chi connectivity index (χ0n) is 13.9. The number of fused-ring (bicyclic) bond motifs is 2. The number of aliphatic carboxylic acids is 1. The van der Waals surface area contributed by atoms with Crippen LogP contribution >= 0.6 is 0 Å². The van der Waals surface area contributed by atoms with Gasteiger partial charge in [0.1, 0.15) is 12.6 Å². The second kappa shape index (κ2) is 5.72. The first-order valence-corrected chi connectivity index (χ1v) is 8.61. The smallest absolute Gasteiger partial charge is 0.326 e. The van der Waals surface area contributed by atoms with Crippen molar-refractivity contribution >= 4 is 23.5 Å². The fourth-order valence-electron chi connectivity index (χ4n) is 4.61. The fourth-order valence-corrected chi connectivity index (χ4v) is 4.61. The van der Waals surface area contributed by atoms with Crippen LogP contribution in [0.3, 0.4) is 0 Å². The Labute approximate surface area is 145 Å². The van der Waals surface area contributed by atoms with Gasteiger partial charge < -0.3 is 10.0 Å². The highest BCUT2D eigenvalue weighted by Gasteiger charge is 2.50. The summed E-state index contributed by atoms with van der Waals surface area (Å²) in [5.74, 6) is -1.21. The largest absolute Gasteiger partial charge is 0.480 e. The van der Waals surface area contributed by atoms with Crippen molar-refractivity contribution in [2.75, 3.05) is 13.1 Å². The van der Waals surface area contributed by atoms with Gasteiger partial charge in [-0.25, -0.2) is 4.79 Å². The SMILES string of the molecule is C=C1c2ccccc2C(=O)N1CC(=O)N1CC2CCCC2C1C(=O)O. The minimum absolute atomic E-state index is 0.0381. The number of likely N-dealkylation sites (tertiary alicyclic amines) is 1. The first kappa shape index (κ1) is 15.9. The number of benzene rings is 1. The second-order valence-electron chi connectivity index (χ2n) is 7.07. The van der Waals surface area contributed by atoms with Crippen LogP contribution in [-0.4, -0.2) is 51.8 Å². The molecule has 25 heavy (non-hydrogen) atoms. The van der Waals surface area contributed by atoms with Gasteiger partial charge in [0.25, 0.3) is 5.91 Å². The van der Waals surface area contributed by atoms with E-state index in [-0.39, 0.29) is 30.2 Å². The molecule has 1 aliphatic carbocycles. The van der Waals surface area contributed by atoms with Gasteiger partial charge >= 0.3 is 5.97 Å². The van der Waals surface area contributed by atoms with E-state index in [0.717, 1.165) is 24.8 Å². The molecule has 2 heterocycles. The summed E-state index contributed by atoms with van der Waals surface area (Å²) in [5.41, 5.74) is 1.77. The molecule has 6 heteroatoms. The van der Waals surface area contributed by atoms with E-state index in [1.165, 1.54) is 9.80 Å². The Morgan fingerprint density at radius 2 is 1.92 bits per heavy atom. The topological polar surface area (TPSA) is 77.9 Å². The van der Waals surface area contributed by atoms with Crippen molar-refractivity contribution in [3.63, 3.8) is 0 Å². The minimum atomic E-state index is -0.947. The third-order valence-electron chi connectivity index (χ3n) is 5.80. The lowest BCUT2D eigenvalue weighted by Gasteiger charge is -2.27. The number of amides is 2. The second-order valence-corrected chi connectivity index (χ2v) is 7.07. The van der Waals surface area contributed by atoms with Crippen LogP contribution in [-0.2, 0) is 9.59 Å². The van der Waals surface area contributed by atoms with E-state index in [0.29, 0.717) is 17.8 Å².